The Labute approximate surface area is 115 Å². The molecule has 2 unspecified atom stereocenters. The molecule has 0 saturated heterocycles. The Morgan fingerprint density at radius 2 is 2.24 bits per heavy atom. The van der Waals surface area contributed by atoms with Gasteiger partial charge in [-0.2, -0.15) is 11.8 Å². The first-order chi connectivity index (χ1) is 8.20. The summed E-state index contributed by atoms with van der Waals surface area (Å²) < 4.78 is 0.947. The third kappa shape index (κ3) is 3.28. The van der Waals surface area contributed by atoms with Crippen LogP contribution in [-0.2, 0) is 0 Å². The lowest BCUT2D eigenvalue weighted by Gasteiger charge is -2.31. The van der Waals surface area contributed by atoms with Crippen molar-refractivity contribution in [2.24, 2.45) is 0 Å². The second kappa shape index (κ2) is 5.96. The van der Waals surface area contributed by atoms with Crippen molar-refractivity contribution in [2.75, 3.05) is 17.3 Å². The SMILES string of the molecule is CSC1CCCCC1Nc1ncc(N)cc1Br. The Morgan fingerprint density at radius 3 is 2.94 bits per heavy atom. The van der Waals surface area contributed by atoms with Crippen molar-refractivity contribution in [1.29, 1.82) is 0 Å². The zero-order valence-corrected chi connectivity index (χ0v) is 12.4. The third-order valence-electron chi connectivity index (χ3n) is 3.19. The molecule has 94 valence electrons. The van der Waals surface area contributed by atoms with Gasteiger partial charge >= 0.3 is 0 Å². The van der Waals surface area contributed by atoms with Crippen LogP contribution in [0, 0.1) is 0 Å². The standard InChI is InChI=1S/C12H18BrN3S/c1-17-11-5-3-2-4-10(11)16-12-9(13)6-8(14)7-15-12/h6-7,10-11H,2-5,14H2,1H3,(H,15,16). The molecular formula is C12H18BrN3S. The highest BCUT2D eigenvalue weighted by atomic mass is 79.9. The predicted octanol–water partition coefficient (Wildman–Crippen LogP) is 3.51. The van der Waals surface area contributed by atoms with E-state index in [1.165, 1.54) is 25.7 Å². The van der Waals surface area contributed by atoms with Crippen LogP contribution >= 0.6 is 27.7 Å². The highest BCUT2D eigenvalue weighted by Crippen LogP contribution is 2.31. The van der Waals surface area contributed by atoms with Crippen LogP contribution in [-0.4, -0.2) is 22.5 Å². The number of rotatable bonds is 3. The van der Waals surface area contributed by atoms with Gasteiger partial charge in [-0.25, -0.2) is 4.98 Å². The Balaban J connectivity index is 2.08. The summed E-state index contributed by atoms with van der Waals surface area (Å²) in [5.74, 6) is 0.908. The Kier molecular flexibility index (Phi) is 4.56. The molecule has 3 nitrogen and oxygen atoms in total. The molecule has 0 spiro atoms. The van der Waals surface area contributed by atoms with Gasteiger partial charge in [0.2, 0.25) is 0 Å². The minimum absolute atomic E-state index is 0.520. The summed E-state index contributed by atoms with van der Waals surface area (Å²) in [6.07, 6.45) is 9.07. The minimum Gasteiger partial charge on any atom is -0.397 e. The lowest BCUT2D eigenvalue weighted by atomic mass is 9.95. The predicted molar refractivity (Wildman–Crippen MR) is 79.5 cm³/mol. The number of hydrogen-bond acceptors (Lipinski definition) is 4. The number of nitrogens with one attached hydrogen (secondary N) is 1. The molecule has 0 aliphatic heterocycles. The van der Waals surface area contributed by atoms with Crippen molar-refractivity contribution in [3.8, 4) is 0 Å². The van der Waals surface area contributed by atoms with E-state index in [0.29, 0.717) is 17.0 Å². The summed E-state index contributed by atoms with van der Waals surface area (Å²) in [5.41, 5.74) is 6.38. The van der Waals surface area contributed by atoms with E-state index in [2.05, 4.69) is 32.5 Å². The maximum Gasteiger partial charge on any atom is 0.140 e. The molecule has 3 N–H and O–H groups in total. The van der Waals surface area contributed by atoms with Gasteiger partial charge < -0.3 is 11.1 Å². The molecule has 1 aromatic rings. The third-order valence-corrected chi connectivity index (χ3v) is 4.96. The van der Waals surface area contributed by atoms with Crippen LogP contribution in [0.25, 0.3) is 0 Å². The molecule has 0 radical (unpaired) electrons. The van der Waals surface area contributed by atoms with Crippen molar-refractivity contribution in [1.82, 2.24) is 4.98 Å². The molecule has 2 rings (SSSR count). The Hall–Kier alpha value is -0.420. The van der Waals surface area contributed by atoms with E-state index in [0.717, 1.165) is 10.3 Å². The Bertz CT molecular complexity index is 386. The van der Waals surface area contributed by atoms with E-state index in [4.69, 9.17) is 5.73 Å². The normalized spacial score (nSPS) is 24.6. The van der Waals surface area contributed by atoms with E-state index in [1.807, 2.05) is 17.8 Å². The number of halogens is 1. The molecule has 1 heterocycles. The number of anilines is 2. The van der Waals surface area contributed by atoms with Crippen LogP contribution in [0.1, 0.15) is 25.7 Å². The Morgan fingerprint density at radius 1 is 1.47 bits per heavy atom. The van der Waals surface area contributed by atoms with Crippen molar-refractivity contribution >= 4 is 39.2 Å². The maximum absolute atomic E-state index is 5.69. The van der Waals surface area contributed by atoms with Crippen molar-refractivity contribution in [3.05, 3.63) is 16.7 Å². The summed E-state index contributed by atoms with van der Waals surface area (Å²) in [7, 11) is 0. The summed E-state index contributed by atoms with van der Waals surface area (Å²) >= 11 is 5.46. The van der Waals surface area contributed by atoms with Crippen LogP contribution in [0.3, 0.4) is 0 Å². The van der Waals surface area contributed by atoms with Crippen LogP contribution in [0.2, 0.25) is 0 Å². The molecule has 1 aromatic heterocycles. The fourth-order valence-corrected chi connectivity index (χ4v) is 3.69. The number of pyridine rings is 1. The molecule has 0 aromatic carbocycles. The molecule has 1 saturated carbocycles. The highest BCUT2D eigenvalue weighted by Gasteiger charge is 2.24. The first-order valence-corrected chi connectivity index (χ1v) is 7.99. The second-order valence-electron chi connectivity index (χ2n) is 4.41. The summed E-state index contributed by atoms with van der Waals surface area (Å²) in [4.78, 5) is 4.35. The average molecular weight is 316 g/mol. The van der Waals surface area contributed by atoms with Gasteiger partial charge in [-0.3, -0.25) is 0 Å². The summed E-state index contributed by atoms with van der Waals surface area (Å²) in [6.45, 7) is 0. The molecule has 0 amide bonds. The van der Waals surface area contributed by atoms with Crippen molar-refractivity contribution in [3.63, 3.8) is 0 Å². The number of nitrogen functional groups attached to an aromatic ring is 1. The number of nitrogens with two attached hydrogens (primary N) is 1. The number of thioether (sulfide) groups is 1. The van der Waals surface area contributed by atoms with Gasteiger partial charge in [0.05, 0.1) is 16.4 Å². The minimum atomic E-state index is 0.520. The summed E-state index contributed by atoms with van der Waals surface area (Å²) in [5, 5.41) is 4.23. The van der Waals surface area contributed by atoms with Crippen LogP contribution in [0.4, 0.5) is 11.5 Å². The van der Waals surface area contributed by atoms with Gasteiger partial charge in [-0.1, -0.05) is 12.8 Å². The van der Waals surface area contributed by atoms with Gasteiger partial charge in [0.1, 0.15) is 5.82 Å². The molecule has 17 heavy (non-hydrogen) atoms. The molecule has 2 atom stereocenters. The maximum atomic E-state index is 5.69. The monoisotopic (exact) mass is 315 g/mol. The van der Waals surface area contributed by atoms with Crippen molar-refractivity contribution < 1.29 is 0 Å². The van der Waals surface area contributed by atoms with Crippen LogP contribution in [0.5, 0.6) is 0 Å². The zero-order valence-electron chi connectivity index (χ0n) is 9.95. The van der Waals surface area contributed by atoms with Gasteiger partial charge in [0.15, 0.2) is 0 Å². The van der Waals surface area contributed by atoms with Crippen molar-refractivity contribution in [2.45, 2.75) is 37.0 Å². The molecule has 5 heteroatoms. The van der Waals surface area contributed by atoms with Gasteiger partial charge in [0.25, 0.3) is 0 Å². The summed E-state index contributed by atoms with van der Waals surface area (Å²) in [6, 6.07) is 2.41. The first kappa shape index (κ1) is 13.0. The van der Waals surface area contributed by atoms with E-state index in [9.17, 15) is 0 Å². The highest BCUT2D eigenvalue weighted by molar-refractivity contribution is 9.10. The number of aromatic nitrogens is 1. The van der Waals surface area contributed by atoms with Gasteiger partial charge in [0, 0.05) is 11.3 Å². The van der Waals surface area contributed by atoms with E-state index in [1.54, 1.807) is 6.20 Å². The number of hydrogen-bond donors (Lipinski definition) is 2. The van der Waals surface area contributed by atoms with E-state index >= 15 is 0 Å². The lowest BCUT2D eigenvalue weighted by Crippen LogP contribution is -2.34. The molecular weight excluding hydrogens is 298 g/mol. The molecule has 0 bridgehead atoms. The van der Waals surface area contributed by atoms with Crippen LogP contribution < -0.4 is 11.1 Å². The lowest BCUT2D eigenvalue weighted by molar-refractivity contribution is 0.474. The molecule has 1 fully saturated rings. The van der Waals surface area contributed by atoms with Gasteiger partial charge in [-0.05, 0) is 41.1 Å². The van der Waals surface area contributed by atoms with Gasteiger partial charge in [-0.15, -0.1) is 0 Å². The van der Waals surface area contributed by atoms with Crippen LogP contribution in [0.15, 0.2) is 16.7 Å². The number of nitrogens with zero attached hydrogens (tertiary/aromatic N) is 1. The van der Waals surface area contributed by atoms with E-state index in [-0.39, 0.29) is 0 Å². The topological polar surface area (TPSA) is 50.9 Å². The fourth-order valence-electron chi connectivity index (χ4n) is 2.28. The smallest absolute Gasteiger partial charge is 0.140 e. The quantitative estimate of drug-likeness (QED) is 0.896. The molecule has 1 aliphatic carbocycles. The molecule has 1 aliphatic rings. The zero-order chi connectivity index (χ0) is 12.3. The first-order valence-electron chi connectivity index (χ1n) is 5.91. The van der Waals surface area contributed by atoms with E-state index < -0.39 is 0 Å². The second-order valence-corrected chi connectivity index (χ2v) is 6.34. The fraction of sp³-hybridized carbons (Fsp3) is 0.583. The largest absolute Gasteiger partial charge is 0.397 e. The average Bonchev–Trinajstić information content (AvgIpc) is 2.33.